The predicted octanol–water partition coefficient (Wildman–Crippen LogP) is 2.25. The number of nitrogens with zero attached hydrogens (tertiary/aromatic N) is 2. The molecule has 0 saturated carbocycles. The summed E-state index contributed by atoms with van der Waals surface area (Å²) in [5, 5.41) is 3.48. The molecule has 0 spiro atoms. The molecular weight excluding hydrogens is 252 g/mol. The van der Waals surface area contributed by atoms with Crippen molar-refractivity contribution in [1.29, 1.82) is 0 Å². The Morgan fingerprint density at radius 3 is 3.00 bits per heavy atom. The van der Waals surface area contributed by atoms with Gasteiger partial charge in [-0.2, -0.15) is 4.98 Å². The van der Waals surface area contributed by atoms with Gasteiger partial charge in [0.15, 0.2) is 5.82 Å². The molecular formula is C12H19ClN4O. The molecule has 2 unspecified atom stereocenters. The van der Waals surface area contributed by atoms with Crippen molar-refractivity contribution >= 4 is 23.1 Å². The van der Waals surface area contributed by atoms with Gasteiger partial charge in [0.25, 0.3) is 0 Å². The highest BCUT2D eigenvalue weighted by atomic mass is 35.5. The molecule has 2 rings (SSSR count). The number of hydrogen-bond acceptors (Lipinski definition) is 5. The van der Waals surface area contributed by atoms with Gasteiger partial charge in [-0.05, 0) is 31.4 Å². The quantitative estimate of drug-likeness (QED) is 0.821. The molecule has 2 heterocycles. The molecule has 18 heavy (non-hydrogen) atoms. The van der Waals surface area contributed by atoms with Gasteiger partial charge in [-0.3, -0.25) is 0 Å². The molecule has 5 nitrogen and oxygen atoms in total. The Morgan fingerprint density at radius 2 is 2.28 bits per heavy atom. The summed E-state index contributed by atoms with van der Waals surface area (Å²) in [6.07, 6.45) is 2.44. The molecule has 2 atom stereocenters. The Balaban J connectivity index is 2.02. The minimum absolute atomic E-state index is 0.221. The molecule has 0 aliphatic carbocycles. The first kappa shape index (κ1) is 13.4. The van der Waals surface area contributed by atoms with Crippen molar-refractivity contribution in [2.75, 3.05) is 24.2 Å². The smallest absolute Gasteiger partial charge is 0.224 e. The molecule has 1 aliphatic rings. The second kappa shape index (κ2) is 5.71. The first-order chi connectivity index (χ1) is 8.61. The molecule has 1 aliphatic heterocycles. The van der Waals surface area contributed by atoms with E-state index in [2.05, 4.69) is 22.2 Å². The van der Waals surface area contributed by atoms with E-state index in [1.807, 2.05) is 6.92 Å². The van der Waals surface area contributed by atoms with Gasteiger partial charge in [-0.25, -0.2) is 4.98 Å². The molecule has 3 N–H and O–H groups in total. The summed E-state index contributed by atoms with van der Waals surface area (Å²) in [6, 6.07) is 0. The van der Waals surface area contributed by atoms with Crippen molar-refractivity contribution in [1.82, 2.24) is 9.97 Å². The lowest BCUT2D eigenvalue weighted by atomic mass is 10.00. The van der Waals surface area contributed by atoms with E-state index in [0.29, 0.717) is 29.2 Å². The Labute approximate surface area is 112 Å². The lowest BCUT2D eigenvalue weighted by Crippen LogP contribution is -2.23. The molecule has 1 aromatic rings. The van der Waals surface area contributed by atoms with Crippen LogP contribution in [-0.4, -0.2) is 29.2 Å². The monoisotopic (exact) mass is 270 g/mol. The minimum atomic E-state index is 0.221. The highest BCUT2D eigenvalue weighted by Gasteiger charge is 2.26. The highest BCUT2D eigenvalue weighted by molar-refractivity contribution is 6.28. The number of ether oxygens (including phenoxy) is 1. The topological polar surface area (TPSA) is 73.1 Å². The summed E-state index contributed by atoms with van der Waals surface area (Å²) in [5.41, 5.74) is 7.19. The Morgan fingerprint density at radius 1 is 1.50 bits per heavy atom. The van der Waals surface area contributed by atoms with E-state index < -0.39 is 0 Å². The van der Waals surface area contributed by atoms with Crippen LogP contribution in [-0.2, 0) is 4.74 Å². The van der Waals surface area contributed by atoms with Crippen molar-refractivity contribution in [3.8, 4) is 0 Å². The summed E-state index contributed by atoms with van der Waals surface area (Å²) in [4.78, 5) is 8.13. The van der Waals surface area contributed by atoms with Gasteiger partial charge in [0.1, 0.15) is 0 Å². The lowest BCUT2D eigenvalue weighted by Gasteiger charge is -2.18. The van der Waals surface area contributed by atoms with E-state index in [9.17, 15) is 0 Å². The van der Waals surface area contributed by atoms with Crippen molar-refractivity contribution in [3.05, 3.63) is 11.0 Å². The molecule has 1 fully saturated rings. The largest absolute Gasteiger partial charge is 0.394 e. The predicted molar refractivity (Wildman–Crippen MR) is 72.8 cm³/mol. The van der Waals surface area contributed by atoms with Gasteiger partial charge in [0, 0.05) is 19.1 Å². The van der Waals surface area contributed by atoms with Gasteiger partial charge in [-0.15, -0.1) is 0 Å². The van der Waals surface area contributed by atoms with E-state index in [1.54, 1.807) is 0 Å². The SMILES string of the molecule is CCC1OCCC1CNc1nc(Cl)nc(C)c1N. The van der Waals surface area contributed by atoms with Crippen LogP contribution in [0.2, 0.25) is 5.28 Å². The molecule has 0 bridgehead atoms. The van der Waals surface area contributed by atoms with Crippen molar-refractivity contribution in [2.24, 2.45) is 5.92 Å². The number of hydrogen-bond donors (Lipinski definition) is 2. The van der Waals surface area contributed by atoms with Crippen molar-refractivity contribution in [2.45, 2.75) is 32.8 Å². The zero-order valence-electron chi connectivity index (χ0n) is 10.7. The third kappa shape index (κ3) is 2.84. The van der Waals surface area contributed by atoms with E-state index in [1.165, 1.54) is 0 Å². The Kier molecular flexibility index (Phi) is 4.24. The van der Waals surface area contributed by atoms with Crippen molar-refractivity contribution in [3.63, 3.8) is 0 Å². The fourth-order valence-corrected chi connectivity index (χ4v) is 2.50. The van der Waals surface area contributed by atoms with Gasteiger partial charge in [0.2, 0.25) is 5.28 Å². The Hall–Kier alpha value is -1.07. The summed E-state index contributed by atoms with van der Waals surface area (Å²) in [7, 11) is 0. The Bertz CT molecular complexity index is 427. The third-order valence-corrected chi connectivity index (χ3v) is 3.56. The highest BCUT2D eigenvalue weighted by Crippen LogP contribution is 2.25. The van der Waals surface area contributed by atoms with Gasteiger partial charge in [0.05, 0.1) is 17.5 Å². The summed E-state index contributed by atoms with van der Waals surface area (Å²) in [6.45, 7) is 5.60. The number of rotatable bonds is 4. The van der Waals surface area contributed by atoms with E-state index in [-0.39, 0.29) is 5.28 Å². The number of nitrogen functional groups attached to an aromatic ring is 1. The first-order valence-corrected chi connectivity index (χ1v) is 6.64. The molecule has 1 saturated heterocycles. The molecule has 0 radical (unpaired) electrons. The lowest BCUT2D eigenvalue weighted by molar-refractivity contribution is 0.0900. The summed E-state index contributed by atoms with van der Waals surface area (Å²) >= 11 is 5.83. The van der Waals surface area contributed by atoms with Crippen LogP contribution in [0.4, 0.5) is 11.5 Å². The maximum Gasteiger partial charge on any atom is 0.224 e. The second-order valence-corrected chi connectivity index (χ2v) is 4.93. The fourth-order valence-electron chi connectivity index (χ4n) is 2.29. The second-order valence-electron chi connectivity index (χ2n) is 4.59. The van der Waals surface area contributed by atoms with Crippen LogP contribution in [0.3, 0.4) is 0 Å². The van der Waals surface area contributed by atoms with Crippen LogP contribution in [0.15, 0.2) is 0 Å². The fraction of sp³-hybridized carbons (Fsp3) is 0.667. The summed E-state index contributed by atoms with van der Waals surface area (Å²) < 4.78 is 5.65. The zero-order chi connectivity index (χ0) is 13.1. The maximum atomic E-state index is 5.93. The number of aromatic nitrogens is 2. The number of anilines is 2. The van der Waals surface area contributed by atoms with E-state index in [4.69, 9.17) is 22.1 Å². The van der Waals surface area contributed by atoms with Crippen molar-refractivity contribution < 1.29 is 4.74 Å². The van der Waals surface area contributed by atoms with Gasteiger partial charge >= 0.3 is 0 Å². The molecule has 0 aromatic carbocycles. The molecule has 100 valence electrons. The third-order valence-electron chi connectivity index (χ3n) is 3.39. The summed E-state index contributed by atoms with van der Waals surface area (Å²) in [5.74, 6) is 1.12. The maximum absolute atomic E-state index is 5.93. The minimum Gasteiger partial charge on any atom is -0.394 e. The van der Waals surface area contributed by atoms with Gasteiger partial charge in [-0.1, -0.05) is 6.92 Å². The van der Waals surface area contributed by atoms with E-state index >= 15 is 0 Å². The standard InChI is InChI=1S/C12H19ClN4O/c1-3-9-8(4-5-18-9)6-15-11-10(14)7(2)16-12(13)17-11/h8-9H,3-6,14H2,1-2H3,(H,15,16,17). The van der Waals surface area contributed by atoms with Gasteiger partial charge < -0.3 is 15.8 Å². The molecule has 6 heteroatoms. The van der Waals surface area contributed by atoms with Crippen LogP contribution in [0.5, 0.6) is 0 Å². The number of nitrogens with one attached hydrogen (secondary N) is 1. The van der Waals surface area contributed by atoms with E-state index in [0.717, 1.165) is 26.0 Å². The number of halogens is 1. The normalized spacial score (nSPS) is 23.3. The average Bonchev–Trinajstić information content (AvgIpc) is 2.79. The first-order valence-electron chi connectivity index (χ1n) is 6.27. The number of nitrogens with two attached hydrogens (primary N) is 1. The number of aryl methyl sites for hydroxylation is 1. The van der Waals surface area contributed by atoms with Crippen LogP contribution in [0.1, 0.15) is 25.5 Å². The van der Waals surface area contributed by atoms with Crippen LogP contribution >= 0.6 is 11.6 Å². The van der Waals surface area contributed by atoms with Crippen LogP contribution in [0, 0.1) is 12.8 Å². The molecule has 1 aromatic heterocycles. The van der Waals surface area contributed by atoms with Crippen LogP contribution < -0.4 is 11.1 Å². The zero-order valence-corrected chi connectivity index (χ0v) is 11.5. The van der Waals surface area contributed by atoms with Crippen LogP contribution in [0.25, 0.3) is 0 Å². The molecule has 0 amide bonds. The average molecular weight is 271 g/mol.